The number of thiazole rings is 1. The van der Waals surface area contributed by atoms with Crippen molar-refractivity contribution < 1.29 is 9.53 Å². The van der Waals surface area contributed by atoms with E-state index >= 15 is 0 Å². The minimum absolute atomic E-state index is 0.311. The van der Waals surface area contributed by atoms with Crippen LogP contribution in [0.5, 0.6) is 0 Å². The summed E-state index contributed by atoms with van der Waals surface area (Å²) < 4.78 is 7.46. The molecule has 0 spiro atoms. The normalized spacial score (nSPS) is 14.7. The Hall–Kier alpha value is -1.96. The maximum absolute atomic E-state index is 12.2. The van der Waals surface area contributed by atoms with Gasteiger partial charge in [0.2, 0.25) is 0 Å². The van der Waals surface area contributed by atoms with Gasteiger partial charge < -0.3 is 9.30 Å². The largest absolute Gasteiger partial charge is 0.444 e. The molecule has 2 aromatic heterocycles. The van der Waals surface area contributed by atoms with Crippen molar-refractivity contribution in [2.24, 2.45) is 0 Å². The van der Waals surface area contributed by atoms with E-state index in [-0.39, 0.29) is 6.09 Å². The molecule has 3 heterocycles. The van der Waals surface area contributed by atoms with Crippen molar-refractivity contribution in [1.82, 2.24) is 24.6 Å². The molecule has 0 bridgehead atoms. The lowest BCUT2D eigenvalue weighted by molar-refractivity contribution is 0.0196. The van der Waals surface area contributed by atoms with Gasteiger partial charge in [0.15, 0.2) is 16.7 Å². The molecule has 0 N–H and O–H groups in total. The lowest BCUT2D eigenvalue weighted by Gasteiger charge is -2.30. The minimum atomic E-state index is -0.497. The molecule has 0 atom stereocenters. The molecule has 1 amide bonds. The summed E-state index contributed by atoms with van der Waals surface area (Å²) in [7, 11) is 0. The fourth-order valence-corrected chi connectivity index (χ4v) is 3.27. The third-order valence-electron chi connectivity index (χ3n) is 3.62. The highest BCUT2D eigenvalue weighted by Crippen LogP contribution is 2.28. The Morgan fingerprint density at radius 3 is 2.57 bits per heavy atom. The Labute approximate surface area is 139 Å². The van der Waals surface area contributed by atoms with Gasteiger partial charge in [-0.2, -0.15) is 0 Å². The molecule has 0 aromatic carbocycles. The SMILES string of the molecule is Cc1nc(-c2nnc3n2CCN(C(=O)OC(C)(C)C)C3)sc1C. The first-order valence-electron chi connectivity index (χ1n) is 7.59. The number of rotatable bonds is 1. The predicted octanol–water partition coefficient (Wildman–Crippen LogP) is 2.77. The molecule has 0 aliphatic carbocycles. The molecule has 0 saturated carbocycles. The van der Waals surface area contributed by atoms with Crippen LogP contribution in [0, 0.1) is 13.8 Å². The number of aromatic nitrogens is 4. The Bertz CT molecular complexity index is 724. The van der Waals surface area contributed by atoms with Crippen LogP contribution < -0.4 is 0 Å². The first kappa shape index (κ1) is 15.9. The van der Waals surface area contributed by atoms with Gasteiger partial charge in [-0.15, -0.1) is 21.5 Å². The van der Waals surface area contributed by atoms with Gasteiger partial charge in [0.1, 0.15) is 5.60 Å². The van der Waals surface area contributed by atoms with E-state index in [4.69, 9.17) is 4.74 Å². The Kier molecular flexibility index (Phi) is 3.87. The van der Waals surface area contributed by atoms with Crippen LogP contribution in [-0.4, -0.2) is 42.9 Å². The molecule has 8 heteroatoms. The zero-order valence-corrected chi connectivity index (χ0v) is 14.9. The number of ether oxygens (including phenoxy) is 1. The maximum atomic E-state index is 12.2. The number of carbonyl (C=O) groups excluding carboxylic acids is 1. The van der Waals surface area contributed by atoms with Gasteiger partial charge in [-0.05, 0) is 34.6 Å². The molecule has 7 nitrogen and oxygen atoms in total. The third kappa shape index (κ3) is 3.21. The average molecular weight is 335 g/mol. The van der Waals surface area contributed by atoms with E-state index in [0.717, 1.165) is 22.4 Å². The summed E-state index contributed by atoms with van der Waals surface area (Å²) in [4.78, 5) is 19.6. The second kappa shape index (κ2) is 5.59. The summed E-state index contributed by atoms with van der Waals surface area (Å²) in [5, 5.41) is 9.38. The molecule has 0 saturated heterocycles. The highest BCUT2D eigenvalue weighted by Gasteiger charge is 2.29. The number of amides is 1. The lowest BCUT2D eigenvalue weighted by atomic mass is 10.2. The van der Waals surface area contributed by atoms with Crippen LogP contribution in [0.2, 0.25) is 0 Å². The standard InChI is InChI=1S/C15H21N5O2S/c1-9-10(2)23-13(16-9)12-18-17-11-8-19(6-7-20(11)12)14(21)22-15(3,4)5/h6-8H2,1-5H3. The summed E-state index contributed by atoms with van der Waals surface area (Å²) in [6.45, 7) is 11.3. The Morgan fingerprint density at radius 1 is 1.22 bits per heavy atom. The first-order valence-corrected chi connectivity index (χ1v) is 8.40. The molecule has 2 aromatic rings. The molecule has 3 rings (SSSR count). The number of carbonyl (C=O) groups is 1. The number of nitrogens with zero attached hydrogens (tertiary/aromatic N) is 5. The number of hydrogen-bond donors (Lipinski definition) is 0. The lowest BCUT2D eigenvalue weighted by Crippen LogP contribution is -2.41. The highest BCUT2D eigenvalue weighted by atomic mass is 32.1. The fourth-order valence-electron chi connectivity index (χ4n) is 2.37. The molecule has 0 unspecified atom stereocenters. The average Bonchev–Trinajstić information content (AvgIpc) is 3.00. The molecule has 0 radical (unpaired) electrons. The van der Waals surface area contributed by atoms with Gasteiger partial charge in [0.25, 0.3) is 0 Å². The van der Waals surface area contributed by atoms with Crippen LogP contribution in [0.15, 0.2) is 0 Å². The number of fused-ring (bicyclic) bond motifs is 1. The van der Waals surface area contributed by atoms with Crippen molar-refractivity contribution >= 4 is 17.4 Å². The molecule has 1 aliphatic heterocycles. The summed E-state index contributed by atoms with van der Waals surface area (Å²) in [5.41, 5.74) is 0.525. The highest BCUT2D eigenvalue weighted by molar-refractivity contribution is 7.15. The Balaban J connectivity index is 1.80. The molecular formula is C15H21N5O2S. The van der Waals surface area contributed by atoms with Crippen molar-refractivity contribution in [3.8, 4) is 10.8 Å². The van der Waals surface area contributed by atoms with E-state index in [1.807, 2.05) is 39.2 Å². The molecule has 23 heavy (non-hydrogen) atoms. The van der Waals surface area contributed by atoms with Gasteiger partial charge in [-0.3, -0.25) is 4.90 Å². The summed E-state index contributed by atoms with van der Waals surface area (Å²) in [5.74, 6) is 1.55. The minimum Gasteiger partial charge on any atom is -0.444 e. The second-order valence-corrected chi connectivity index (χ2v) is 7.86. The van der Waals surface area contributed by atoms with Crippen molar-refractivity contribution in [2.45, 2.75) is 53.3 Å². The monoisotopic (exact) mass is 335 g/mol. The molecular weight excluding hydrogens is 314 g/mol. The molecule has 124 valence electrons. The van der Waals surface area contributed by atoms with Crippen molar-refractivity contribution in [2.75, 3.05) is 6.54 Å². The van der Waals surface area contributed by atoms with Crippen molar-refractivity contribution in [3.63, 3.8) is 0 Å². The van der Waals surface area contributed by atoms with Gasteiger partial charge in [-0.1, -0.05) is 0 Å². The van der Waals surface area contributed by atoms with Gasteiger partial charge in [-0.25, -0.2) is 9.78 Å². The van der Waals surface area contributed by atoms with Crippen LogP contribution in [0.1, 0.15) is 37.2 Å². The van der Waals surface area contributed by atoms with Crippen molar-refractivity contribution in [1.29, 1.82) is 0 Å². The smallest absolute Gasteiger partial charge is 0.410 e. The topological polar surface area (TPSA) is 73.1 Å². The fraction of sp³-hybridized carbons (Fsp3) is 0.600. The number of hydrogen-bond acceptors (Lipinski definition) is 6. The number of aryl methyl sites for hydroxylation is 2. The van der Waals surface area contributed by atoms with Crippen LogP contribution in [0.4, 0.5) is 4.79 Å². The van der Waals surface area contributed by atoms with Gasteiger partial charge in [0.05, 0.1) is 12.2 Å². The Morgan fingerprint density at radius 2 is 1.96 bits per heavy atom. The van der Waals surface area contributed by atoms with E-state index in [0.29, 0.717) is 19.6 Å². The molecule has 0 fully saturated rings. The second-order valence-electron chi connectivity index (χ2n) is 6.65. The van der Waals surface area contributed by atoms with E-state index in [1.54, 1.807) is 16.2 Å². The maximum Gasteiger partial charge on any atom is 0.410 e. The van der Waals surface area contributed by atoms with Crippen LogP contribution in [0.25, 0.3) is 10.8 Å². The quantitative estimate of drug-likeness (QED) is 0.801. The van der Waals surface area contributed by atoms with Gasteiger partial charge in [0, 0.05) is 18.0 Å². The van der Waals surface area contributed by atoms with Gasteiger partial charge >= 0.3 is 6.09 Å². The first-order chi connectivity index (χ1) is 10.7. The van der Waals surface area contributed by atoms with E-state index < -0.39 is 5.60 Å². The van der Waals surface area contributed by atoms with Crippen LogP contribution >= 0.6 is 11.3 Å². The predicted molar refractivity (Wildman–Crippen MR) is 87.2 cm³/mol. The van der Waals surface area contributed by atoms with E-state index in [1.165, 1.54) is 4.88 Å². The van der Waals surface area contributed by atoms with Crippen LogP contribution in [-0.2, 0) is 17.8 Å². The van der Waals surface area contributed by atoms with Crippen molar-refractivity contribution in [3.05, 3.63) is 16.4 Å². The summed E-state index contributed by atoms with van der Waals surface area (Å²) in [6.07, 6.45) is -0.311. The summed E-state index contributed by atoms with van der Waals surface area (Å²) >= 11 is 1.62. The summed E-state index contributed by atoms with van der Waals surface area (Å²) in [6, 6.07) is 0. The van der Waals surface area contributed by atoms with Crippen LogP contribution in [0.3, 0.4) is 0 Å². The zero-order valence-electron chi connectivity index (χ0n) is 14.1. The van der Waals surface area contributed by atoms with E-state index in [9.17, 15) is 4.79 Å². The zero-order chi connectivity index (χ0) is 16.8. The molecule has 1 aliphatic rings. The van der Waals surface area contributed by atoms with E-state index in [2.05, 4.69) is 15.2 Å². The third-order valence-corrected chi connectivity index (χ3v) is 4.69.